The number of amides is 1. The summed E-state index contributed by atoms with van der Waals surface area (Å²) in [5.74, 6) is 6.73. The number of thioether (sulfide) groups is 1. The Morgan fingerprint density at radius 3 is 2.72 bits per heavy atom. The monoisotopic (exact) mass is 357 g/mol. The molecule has 1 aromatic carbocycles. The Balaban J connectivity index is 1.53. The quantitative estimate of drug-likeness (QED) is 0.271. The number of carbonyl (C=O) groups excluding carboxylic acids is 1. The van der Waals surface area contributed by atoms with Crippen molar-refractivity contribution in [1.82, 2.24) is 15.4 Å². The van der Waals surface area contributed by atoms with E-state index in [9.17, 15) is 4.79 Å². The number of hydrogen-bond donors (Lipinski definition) is 2. The van der Waals surface area contributed by atoms with E-state index in [1.54, 1.807) is 6.20 Å². The smallest absolute Gasteiger partial charge is 0.244 e. The fourth-order valence-electron chi connectivity index (χ4n) is 3.06. The second-order valence-corrected chi connectivity index (χ2v) is 7.12. The van der Waals surface area contributed by atoms with Gasteiger partial charge in [-0.05, 0) is 36.8 Å². The first-order valence-corrected chi connectivity index (χ1v) is 9.47. The Morgan fingerprint density at radius 1 is 1.24 bits per heavy atom. The summed E-state index contributed by atoms with van der Waals surface area (Å²) >= 11 is 1.29. The summed E-state index contributed by atoms with van der Waals surface area (Å²) in [6.45, 7) is 2.00. The third-order valence-corrected chi connectivity index (χ3v) is 5.28. The van der Waals surface area contributed by atoms with Crippen molar-refractivity contribution >= 4 is 23.5 Å². The van der Waals surface area contributed by atoms with Crippen molar-refractivity contribution in [2.75, 3.05) is 23.7 Å². The van der Waals surface area contributed by atoms with Crippen molar-refractivity contribution in [3.8, 4) is 0 Å². The minimum Gasteiger partial charge on any atom is -0.356 e. The summed E-state index contributed by atoms with van der Waals surface area (Å²) in [6.07, 6.45) is 5.22. The molecule has 0 unspecified atom stereocenters. The van der Waals surface area contributed by atoms with Crippen LogP contribution in [-0.4, -0.2) is 34.7 Å². The van der Waals surface area contributed by atoms with Gasteiger partial charge in [0.25, 0.3) is 0 Å². The highest BCUT2D eigenvalue weighted by Crippen LogP contribution is 2.25. The number of nitrogens with zero attached hydrogens (tertiary/aromatic N) is 3. The van der Waals surface area contributed by atoms with E-state index in [0.29, 0.717) is 5.16 Å². The number of hydrogen-bond acceptors (Lipinski definition) is 6. The Morgan fingerprint density at radius 2 is 2.00 bits per heavy atom. The topological polar surface area (TPSA) is 84.1 Å². The van der Waals surface area contributed by atoms with E-state index in [2.05, 4.69) is 50.6 Å². The first kappa shape index (κ1) is 17.7. The molecule has 2 aromatic rings. The lowest BCUT2D eigenvalue weighted by molar-refractivity contribution is -0.118. The summed E-state index contributed by atoms with van der Waals surface area (Å²) in [6, 6.07) is 12.6. The predicted octanol–water partition coefficient (Wildman–Crippen LogP) is 2.02. The van der Waals surface area contributed by atoms with Crippen LogP contribution in [0.2, 0.25) is 0 Å². The number of piperidine rings is 1. The van der Waals surface area contributed by atoms with Crippen LogP contribution >= 0.6 is 11.8 Å². The van der Waals surface area contributed by atoms with Crippen molar-refractivity contribution in [1.29, 1.82) is 0 Å². The van der Waals surface area contributed by atoms with Gasteiger partial charge in [0.15, 0.2) is 5.16 Å². The molecule has 25 heavy (non-hydrogen) atoms. The van der Waals surface area contributed by atoms with Crippen molar-refractivity contribution < 1.29 is 4.79 Å². The second-order valence-electron chi connectivity index (χ2n) is 6.17. The van der Waals surface area contributed by atoms with E-state index in [-0.39, 0.29) is 11.7 Å². The fourth-order valence-corrected chi connectivity index (χ4v) is 3.70. The zero-order chi connectivity index (χ0) is 17.5. The van der Waals surface area contributed by atoms with Crippen LogP contribution in [-0.2, 0) is 11.2 Å². The summed E-state index contributed by atoms with van der Waals surface area (Å²) in [5.41, 5.74) is 3.53. The molecule has 1 aliphatic heterocycles. The molecule has 1 amide bonds. The minimum absolute atomic E-state index is 0.221. The van der Waals surface area contributed by atoms with Gasteiger partial charge in [-0.3, -0.25) is 10.2 Å². The van der Waals surface area contributed by atoms with Crippen molar-refractivity contribution in [3.63, 3.8) is 0 Å². The molecule has 0 saturated carbocycles. The van der Waals surface area contributed by atoms with Crippen LogP contribution in [0.3, 0.4) is 0 Å². The number of nitrogens with two attached hydrogens (primary N) is 1. The highest BCUT2D eigenvalue weighted by molar-refractivity contribution is 7.99. The van der Waals surface area contributed by atoms with E-state index in [4.69, 9.17) is 5.84 Å². The van der Waals surface area contributed by atoms with Gasteiger partial charge in [0.1, 0.15) is 5.82 Å². The third-order valence-electron chi connectivity index (χ3n) is 4.42. The average Bonchev–Trinajstić information content (AvgIpc) is 2.68. The van der Waals surface area contributed by atoms with E-state index < -0.39 is 0 Å². The molecule has 0 spiro atoms. The van der Waals surface area contributed by atoms with Crippen molar-refractivity contribution in [2.24, 2.45) is 11.8 Å². The molecular weight excluding hydrogens is 334 g/mol. The SMILES string of the molecule is NNC(=O)CSc1nccc(N2CCC(Cc3ccccc3)CC2)n1. The van der Waals surface area contributed by atoms with Gasteiger partial charge in [-0.15, -0.1) is 0 Å². The highest BCUT2D eigenvalue weighted by atomic mass is 32.2. The first-order chi connectivity index (χ1) is 12.2. The number of benzene rings is 1. The lowest BCUT2D eigenvalue weighted by Crippen LogP contribution is -2.35. The summed E-state index contributed by atoms with van der Waals surface area (Å²) in [7, 11) is 0. The molecule has 0 aliphatic carbocycles. The molecule has 1 aliphatic rings. The van der Waals surface area contributed by atoms with Crippen molar-refractivity contribution in [2.45, 2.75) is 24.4 Å². The number of rotatable bonds is 6. The minimum atomic E-state index is -0.235. The lowest BCUT2D eigenvalue weighted by atomic mass is 9.90. The average molecular weight is 357 g/mol. The molecule has 1 fully saturated rings. The van der Waals surface area contributed by atoms with E-state index in [1.165, 1.54) is 17.3 Å². The van der Waals surface area contributed by atoms with Crippen LogP contribution in [0.15, 0.2) is 47.8 Å². The molecule has 0 radical (unpaired) electrons. The van der Waals surface area contributed by atoms with Crippen LogP contribution in [0.25, 0.3) is 0 Å². The van der Waals surface area contributed by atoms with Crippen LogP contribution in [0, 0.1) is 5.92 Å². The largest absolute Gasteiger partial charge is 0.356 e. The fraction of sp³-hybridized carbons (Fsp3) is 0.389. The summed E-state index contributed by atoms with van der Waals surface area (Å²) < 4.78 is 0. The Kier molecular flexibility index (Phi) is 6.25. The summed E-state index contributed by atoms with van der Waals surface area (Å²) in [4.78, 5) is 22.3. The molecule has 1 saturated heterocycles. The zero-order valence-electron chi connectivity index (χ0n) is 14.1. The molecule has 3 N–H and O–H groups in total. The van der Waals surface area contributed by atoms with Crippen LogP contribution in [0.5, 0.6) is 0 Å². The zero-order valence-corrected chi connectivity index (χ0v) is 14.9. The van der Waals surface area contributed by atoms with E-state index in [1.807, 2.05) is 6.07 Å². The Bertz CT molecular complexity index is 689. The van der Waals surface area contributed by atoms with Gasteiger partial charge in [-0.25, -0.2) is 15.8 Å². The maximum Gasteiger partial charge on any atom is 0.244 e. The van der Waals surface area contributed by atoms with Crippen LogP contribution in [0.4, 0.5) is 5.82 Å². The van der Waals surface area contributed by atoms with Gasteiger partial charge in [-0.2, -0.15) is 0 Å². The van der Waals surface area contributed by atoms with Gasteiger partial charge in [0, 0.05) is 19.3 Å². The van der Waals surface area contributed by atoms with Gasteiger partial charge < -0.3 is 4.90 Å². The lowest BCUT2D eigenvalue weighted by Gasteiger charge is -2.33. The number of nitrogens with one attached hydrogen (secondary N) is 1. The van der Waals surface area contributed by atoms with Crippen molar-refractivity contribution in [3.05, 3.63) is 48.2 Å². The molecule has 6 nitrogen and oxygen atoms in total. The van der Waals surface area contributed by atoms with Gasteiger partial charge >= 0.3 is 0 Å². The van der Waals surface area contributed by atoms with Gasteiger partial charge in [-0.1, -0.05) is 42.1 Å². The number of hydrazine groups is 1. The first-order valence-electron chi connectivity index (χ1n) is 8.49. The Hall–Kier alpha value is -2.12. The Labute approximate surface area is 152 Å². The molecular formula is C18H23N5OS. The van der Waals surface area contributed by atoms with Gasteiger partial charge in [0.2, 0.25) is 5.91 Å². The number of anilines is 1. The second kappa shape index (κ2) is 8.82. The molecule has 2 heterocycles. The summed E-state index contributed by atoms with van der Waals surface area (Å²) in [5, 5.41) is 0.604. The van der Waals surface area contributed by atoms with E-state index >= 15 is 0 Å². The molecule has 3 rings (SSSR count). The third kappa shape index (κ3) is 5.17. The molecule has 7 heteroatoms. The van der Waals surface area contributed by atoms with Crippen LogP contribution in [0.1, 0.15) is 18.4 Å². The molecule has 132 valence electrons. The predicted molar refractivity (Wildman–Crippen MR) is 100 cm³/mol. The maximum absolute atomic E-state index is 11.2. The maximum atomic E-state index is 11.2. The molecule has 0 atom stereocenters. The molecule has 0 bridgehead atoms. The van der Waals surface area contributed by atoms with Gasteiger partial charge in [0.05, 0.1) is 5.75 Å². The number of aromatic nitrogens is 2. The van der Waals surface area contributed by atoms with Crippen LogP contribution < -0.4 is 16.2 Å². The highest BCUT2D eigenvalue weighted by Gasteiger charge is 2.20. The normalized spacial score (nSPS) is 15.2. The standard InChI is InChI=1S/C18H23N5OS/c19-22-17(24)13-25-18-20-9-6-16(21-18)23-10-7-15(8-11-23)12-14-4-2-1-3-5-14/h1-6,9,15H,7-8,10-13,19H2,(H,22,24). The number of carbonyl (C=O) groups is 1. The van der Waals surface area contributed by atoms with E-state index in [0.717, 1.165) is 44.1 Å². The molecule has 1 aromatic heterocycles.